The number of methoxy groups -OCH3 is 1. The first-order valence-corrected chi connectivity index (χ1v) is 4.67. The van der Waals surface area contributed by atoms with Crippen LogP contribution in [-0.4, -0.2) is 18.1 Å². The lowest BCUT2D eigenvalue weighted by molar-refractivity contribution is -0.139. The lowest BCUT2D eigenvalue weighted by Gasteiger charge is -2.03. The Hall–Kier alpha value is -0.610. The largest absolute Gasteiger partial charge is 0.469 e. The van der Waals surface area contributed by atoms with E-state index >= 15 is 0 Å². The number of pyridine rings is 1. The van der Waals surface area contributed by atoms with Gasteiger partial charge in [-0.25, -0.2) is 0 Å². The van der Waals surface area contributed by atoms with Gasteiger partial charge in [0.05, 0.1) is 18.6 Å². The molecule has 0 unspecified atom stereocenters. The molecule has 70 valence electrons. The summed E-state index contributed by atoms with van der Waals surface area (Å²) in [6.45, 7) is 0. The van der Waals surface area contributed by atoms with Crippen LogP contribution in [0.3, 0.4) is 0 Å². The van der Waals surface area contributed by atoms with E-state index in [-0.39, 0.29) is 12.4 Å². The van der Waals surface area contributed by atoms with Crippen LogP contribution in [0.4, 0.5) is 0 Å². The van der Waals surface area contributed by atoms with E-state index in [9.17, 15) is 4.79 Å². The minimum atomic E-state index is -0.315. The van der Waals surface area contributed by atoms with Gasteiger partial charge in [-0.05, 0) is 21.5 Å². The van der Waals surface area contributed by atoms with Crippen LogP contribution in [0, 0.1) is 0 Å². The summed E-state index contributed by atoms with van der Waals surface area (Å²) in [5.74, 6) is -0.315. The van der Waals surface area contributed by atoms with Gasteiger partial charge in [-0.2, -0.15) is 0 Å². The molecule has 0 fully saturated rings. The van der Waals surface area contributed by atoms with E-state index < -0.39 is 0 Å². The molecule has 0 aliphatic rings. The molecule has 0 atom stereocenters. The fourth-order valence-electron chi connectivity index (χ4n) is 0.810. The van der Waals surface area contributed by atoms with E-state index in [2.05, 4.69) is 25.7 Å². The normalized spacial score (nSPS) is 9.77. The first-order valence-electron chi connectivity index (χ1n) is 3.50. The topological polar surface area (TPSA) is 39.2 Å². The number of esters is 1. The Labute approximate surface area is 89.2 Å². The molecule has 0 aliphatic heterocycles. The van der Waals surface area contributed by atoms with Crippen LogP contribution in [0.2, 0.25) is 5.02 Å². The highest BCUT2D eigenvalue weighted by molar-refractivity contribution is 9.10. The van der Waals surface area contributed by atoms with Crippen molar-refractivity contribution >= 4 is 33.5 Å². The summed E-state index contributed by atoms with van der Waals surface area (Å²) in [7, 11) is 1.34. The predicted octanol–water partition coefficient (Wildman–Crippen LogP) is 2.21. The molecule has 1 rings (SSSR count). The highest BCUT2D eigenvalue weighted by Gasteiger charge is 2.09. The summed E-state index contributed by atoms with van der Waals surface area (Å²) in [5.41, 5.74) is 0.722. The van der Waals surface area contributed by atoms with Crippen molar-refractivity contribution in [2.45, 2.75) is 6.42 Å². The van der Waals surface area contributed by atoms with Gasteiger partial charge in [-0.1, -0.05) is 11.6 Å². The van der Waals surface area contributed by atoms with Crippen LogP contribution in [0.15, 0.2) is 16.9 Å². The van der Waals surface area contributed by atoms with E-state index in [1.165, 1.54) is 13.3 Å². The number of aromatic nitrogens is 1. The molecular formula is C8H7BrClNO2. The van der Waals surface area contributed by atoms with Gasteiger partial charge < -0.3 is 4.74 Å². The molecule has 0 saturated carbocycles. The van der Waals surface area contributed by atoms with E-state index in [4.69, 9.17) is 11.6 Å². The molecule has 5 heteroatoms. The summed E-state index contributed by atoms with van der Waals surface area (Å²) < 4.78 is 5.21. The van der Waals surface area contributed by atoms with Crippen molar-refractivity contribution in [2.24, 2.45) is 0 Å². The molecule has 1 heterocycles. The standard InChI is InChI=1S/C8H7BrClNO2/c1-13-7(12)2-5-3-11-4-6(10)8(5)9/h3-4H,2H2,1H3. The number of hydrogen-bond donors (Lipinski definition) is 0. The van der Waals surface area contributed by atoms with Crippen molar-refractivity contribution in [3.63, 3.8) is 0 Å². The zero-order valence-corrected chi connectivity index (χ0v) is 9.22. The van der Waals surface area contributed by atoms with Gasteiger partial charge >= 0.3 is 5.97 Å². The van der Waals surface area contributed by atoms with Crippen LogP contribution < -0.4 is 0 Å². The Morgan fingerprint density at radius 1 is 1.69 bits per heavy atom. The van der Waals surface area contributed by atoms with Crippen molar-refractivity contribution in [3.8, 4) is 0 Å². The molecule has 0 N–H and O–H groups in total. The number of rotatable bonds is 2. The van der Waals surface area contributed by atoms with Crippen molar-refractivity contribution in [1.29, 1.82) is 0 Å². The van der Waals surface area contributed by atoms with Gasteiger partial charge in [0.25, 0.3) is 0 Å². The Balaban J connectivity index is 2.89. The van der Waals surface area contributed by atoms with Gasteiger partial charge in [0, 0.05) is 16.9 Å². The Morgan fingerprint density at radius 3 is 3.00 bits per heavy atom. The van der Waals surface area contributed by atoms with Crippen LogP contribution in [0.1, 0.15) is 5.56 Å². The lowest BCUT2D eigenvalue weighted by Crippen LogP contribution is -2.05. The van der Waals surface area contributed by atoms with E-state index in [1.807, 2.05) is 0 Å². The fraction of sp³-hybridized carbons (Fsp3) is 0.250. The predicted molar refractivity (Wildman–Crippen MR) is 52.7 cm³/mol. The third-order valence-corrected chi connectivity index (χ3v) is 2.92. The monoisotopic (exact) mass is 263 g/mol. The zero-order chi connectivity index (χ0) is 9.84. The summed E-state index contributed by atoms with van der Waals surface area (Å²) in [4.78, 5) is 14.8. The summed E-state index contributed by atoms with van der Waals surface area (Å²) in [6.07, 6.45) is 3.25. The first-order chi connectivity index (χ1) is 6.15. The summed E-state index contributed by atoms with van der Waals surface area (Å²) in [5, 5.41) is 0.487. The second kappa shape index (κ2) is 4.58. The van der Waals surface area contributed by atoms with Crippen LogP contribution >= 0.6 is 27.5 Å². The van der Waals surface area contributed by atoms with Crippen molar-refractivity contribution in [3.05, 3.63) is 27.5 Å². The molecule has 0 aliphatic carbocycles. The maximum Gasteiger partial charge on any atom is 0.310 e. The molecule has 1 aromatic heterocycles. The molecule has 1 aromatic rings. The minimum absolute atomic E-state index is 0.171. The summed E-state index contributed by atoms with van der Waals surface area (Å²) >= 11 is 9.04. The van der Waals surface area contributed by atoms with Crippen LogP contribution in [0.25, 0.3) is 0 Å². The maximum absolute atomic E-state index is 10.9. The molecule has 3 nitrogen and oxygen atoms in total. The smallest absolute Gasteiger partial charge is 0.310 e. The van der Waals surface area contributed by atoms with Crippen molar-refractivity contribution in [2.75, 3.05) is 7.11 Å². The molecule has 0 saturated heterocycles. The van der Waals surface area contributed by atoms with Gasteiger partial charge in [0.15, 0.2) is 0 Å². The number of halogens is 2. The SMILES string of the molecule is COC(=O)Cc1cncc(Cl)c1Br. The number of carbonyl (C=O) groups excluding carboxylic acids is 1. The molecule has 0 bridgehead atoms. The van der Waals surface area contributed by atoms with Gasteiger partial charge in [-0.3, -0.25) is 9.78 Å². The Bertz CT molecular complexity index is 330. The minimum Gasteiger partial charge on any atom is -0.469 e. The molecule has 0 amide bonds. The molecular weight excluding hydrogens is 257 g/mol. The molecule has 0 radical (unpaired) electrons. The van der Waals surface area contributed by atoms with E-state index in [1.54, 1.807) is 6.20 Å². The third kappa shape index (κ3) is 2.67. The maximum atomic E-state index is 10.9. The van der Waals surface area contributed by atoms with Crippen LogP contribution in [0.5, 0.6) is 0 Å². The second-order valence-corrected chi connectivity index (χ2v) is 3.55. The average molecular weight is 265 g/mol. The fourth-order valence-corrected chi connectivity index (χ4v) is 1.33. The van der Waals surface area contributed by atoms with E-state index in [0.717, 1.165) is 5.56 Å². The quantitative estimate of drug-likeness (QED) is 0.769. The van der Waals surface area contributed by atoms with Gasteiger partial charge in [-0.15, -0.1) is 0 Å². The number of carbonyl (C=O) groups is 1. The van der Waals surface area contributed by atoms with Crippen molar-refractivity contribution < 1.29 is 9.53 Å². The van der Waals surface area contributed by atoms with Gasteiger partial charge in [0.1, 0.15) is 0 Å². The second-order valence-electron chi connectivity index (χ2n) is 2.35. The number of nitrogens with zero attached hydrogens (tertiary/aromatic N) is 1. The zero-order valence-electron chi connectivity index (χ0n) is 6.88. The highest BCUT2D eigenvalue weighted by Crippen LogP contribution is 2.25. The first kappa shape index (κ1) is 10.5. The molecule has 13 heavy (non-hydrogen) atoms. The van der Waals surface area contributed by atoms with E-state index in [0.29, 0.717) is 9.50 Å². The Morgan fingerprint density at radius 2 is 2.38 bits per heavy atom. The average Bonchev–Trinajstić information content (AvgIpc) is 2.13. The van der Waals surface area contributed by atoms with Crippen molar-refractivity contribution in [1.82, 2.24) is 4.98 Å². The summed E-state index contributed by atoms with van der Waals surface area (Å²) in [6, 6.07) is 0. The highest BCUT2D eigenvalue weighted by atomic mass is 79.9. The number of ether oxygens (including phenoxy) is 1. The van der Waals surface area contributed by atoms with Crippen LogP contribution in [-0.2, 0) is 16.0 Å². The third-order valence-electron chi connectivity index (χ3n) is 1.47. The molecule has 0 aromatic carbocycles. The number of hydrogen-bond acceptors (Lipinski definition) is 3. The lowest BCUT2D eigenvalue weighted by atomic mass is 10.2. The molecule has 0 spiro atoms. The van der Waals surface area contributed by atoms with Gasteiger partial charge in [0.2, 0.25) is 0 Å². The Kier molecular flexibility index (Phi) is 3.69.